The van der Waals surface area contributed by atoms with Crippen LogP contribution in [-0.4, -0.2) is 22.5 Å². The van der Waals surface area contributed by atoms with Crippen LogP contribution in [0.5, 0.6) is 0 Å². The molecule has 0 radical (unpaired) electrons. The second-order valence-corrected chi connectivity index (χ2v) is 5.14. The average molecular weight is 283 g/mol. The van der Waals surface area contributed by atoms with E-state index in [2.05, 4.69) is 39.3 Å². The first-order valence-electron chi connectivity index (χ1n) is 6.99. The second kappa shape index (κ2) is 6.83. The van der Waals surface area contributed by atoms with Crippen molar-refractivity contribution in [3.05, 3.63) is 53.3 Å². The van der Waals surface area contributed by atoms with Gasteiger partial charge in [-0.2, -0.15) is 0 Å². The monoisotopic (exact) mass is 283 g/mol. The quantitative estimate of drug-likeness (QED) is 0.668. The molecular weight excluding hydrogens is 262 g/mol. The van der Waals surface area contributed by atoms with Gasteiger partial charge in [0.2, 0.25) is 5.95 Å². The summed E-state index contributed by atoms with van der Waals surface area (Å²) >= 11 is 0. The van der Waals surface area contributed by atoms with E-state index in [4.69, 9.17) is 5.73 Å². The maximum Gasteiger partial charge on any atom is 0.229 e. The Balaban J connectivity index is 1.98. The SMILES string of the molecule is Cc1cc(C)nc(NC(N)=NC[C@@H](C)c2ccccc2)n1. The fraction of sp³-hybridized carbons (Fsp3) is 0.312. The van der Waals surface area contributed by atoms with Gasteiger partial charge >= 0.3 is 0 Å². The van der Waals surface area contributed by atoms with Crippen molar-refractivity contribution in [3.8, 4) is 0 Å². The molecule has 0 aliphatic carbocycles. The average Bonchev–Trinajstić information content (AvgIpc) is 2.44. The Morgan fingerprint density at radius 3 is 2.43 bits per heavy atom. The van der Waals surface area contributed by atoms with Crippen molar-refractivity contribution in [2.45, 2.75) is 26.7 Å². The van der Waals surface area contributed by atoms with Gasteiger partial charge in [0.25, 0.3) is 0 Å². The van der Waals surface area contributed by atoms with E-state index in [1.165, 1.54) is 5.56 Å². The first kappa shape index (κ1) is 15.0. The highest BCUT2D eigenvalue weighted by Gasteiger charge is 2.05. The van der Waals surface area contributed by atoms with Crippen LogP contribution in [0, 0.1) is 13.8 Å². The zero-order valence-corrected chi connectivity index (χ0v) is 12.7. The van der Waals surface area contributed by atoms with E-state index >= 15 is 0 Å². The first-order chi connectivity index (χ1) is 10.0. The standard InChI is InChI=1S/C16H21N5/c1-11(14-7-5-4-6-8-14)10-18-15(17)21-16-19-12(2)9-13(3)20-16/h4-9,11H,10H2,1-3H3,(H3,17,18,19,20,21)/t11-/m1/s1. The van der Waals surface area contributed by atoms with Crippen molar-refractivity contribution in [3.63, 3.8) is 0 Å². The minimum Gasteiger partial charge on any atom is -0.370 e. The predicted molar refractivity (Wildman–Crippen MR) is 86.5 cm³/mol. The molecule has 0 fully saturated rings. The molecule has 0 saturated heterocycles. The molecule has 3 N–H and O–H groups in total. The van der Waals surface area contributed by atoms with E-state index in [1.54, 1.807) is 0 Å². The minimum absolute atomic E-state index is 0.312. The van der Waals surface area contributed by atoms with Gasteiger partial charge in [0.1, 0.15) is 0 Å². The number of nitrogens with two attached hydrogens (primary N) is 1. The Kier molecular flexibility index (Phi) is 4.87. The van der Waals surface area contributed by atoms with Crippen LogP contribution in [0.15, 0.2) is 41.4 Å². The Labute approximate surface area is 125 Å². The van der Waals surface area contributed by atoms with Crippen molar-refractivity contribution in [2.75, 3.05) is 11.9 Å². The van der Waals surface area contributed by atoms with Crippen LogP contribution >= 0.6 is 0 Å². The number of rotatable bonds is 4. The van der Waals surface area contributed by atoms with Gasteiger partial charge in [-0.1, -0.05) is 37.3 Å². The van der Waals surface area contributed by atoms with E-state index in [0.29, 0.717) is 24.4 Å². The number of guanidine groups is 1. The fourth-order valence-electron chi connectivity index (χ4n) is 2.06. The van der Waals surface area contributed by atoms with Gasteiger partial charge < -0.3 is 5.73 Å². The lowest BCUT2D eigenvalue weighted by molar-refractivity contribution is 0.774. The lowest BCUT2D eigenvalue weighted by Crippen LogP contribution is -2.25. The highest BCUT2D eigenvalue weighted by molar-refractivity contribution is 5.90. The molecule has 5 nitrogen and oxygen atoms in total. The van der Waals surface area contributed by atoms with Crippen LogP contribution in [0.3, 0.4) is 0 Å². The highest BCUT2D eigenvalue weighted by Crippen LogP contribution is 2.14. The summed E-state index contributed by atoms with van der Waals surface area (Å²) in [6.45, 7) is 6.59. The number of benzene rings is 1. The van der Waals surface area contributed by atoms with Crippen LogP contribution in [0.25, 0.3) is 0 Å². The second-order valence-electron chi connectivity index (χ2n) is 5.14. The predicted octanol–water partition coefficient (Wildman–Crippen LogP) is 2.62. The molecule has 0 bridgehead atoms. The molecule has 21 heavy (non-hydrogen) atoms. The van der Waals surface area contributed by atoms with Crippen LogP contribution < -0.4 is 11.1 Å². The summed E-state index contributed by atoms with van der Waals surface area (Å²) in [5.74, 6) is 1.13. The Morgan fingerprint density at radius 1 is 1.19 bits per heavy atom. The Hall–Kier alpha value is -2.43. The maximum atomic E-state index is 5.89. The van der Waals surface area contributed by atoms with Crippen molar-refractivity contribution >= 4 is 11.9 Å². The van der Waals surface area contributed by atoms with E-state index in [0.717, 1.165) is 11.4 Å². The summed E-state index contributed by atoms with van der Waals surface area (Å²) in [4.78, 5) is 12.9. The number of nitrogens with zero attached hydrogens (tertiary/aromatic N) is 3. The number of nitrogens with one attached hydrogen (secondary N) is 1. The Bertz CT molecular complexity index is 602. The third-order valence-corrected chi connectivity index (χ3v) is 3.13. The van der Waals surface area contributed by atoms with E-state index in [9.17, 15) is 0 Å². The number of aryl methyl sites for hydroxylation is 2. The molecule has 2 aromatic rings. The molecule has 0 aliphatic rings. The summed E-state index contributed by atoms with van der Waals surface area (Å²) in [5, 5.41) is 2.94. The molecular formula is C16H21N5. The van der Waals surface area contributed by atoms with Gasteiger partial charge in [0, 0.05) is 23.9 Å². The van der Waals surface area contributed by atoms with Crippen LogP contribution in [0.1, 0.15) is 29.8 Å². The summed E-state index contributed by atoms with van der Waals surface area (Å²) in [6.07, 6.45) is 0. The number of hydrogen-bond donors (Lipinski definition) is 2. The number of aromatic nitrogens is 2. The van der Waals surface area contributed by atoms with Crippen molar-refractivity contribution in [2.24, 2.45) is 10.7 Å². The van der Waals surface area contributed by atoms with Crippen LogP contribution in [0.4, 0.5) is 5.95 Å². The number of hydrogen-bond acceptors (Lipinski definition) is 3. The summed E-state index contributed by atoms with van der Waals surface area (Å²) in [6, 6.07) is 12.2. The van der Waals surface area contributed by atoms with Gasteiger partial charge in [0.15, 0.2) is 5.96 Å². The third-order valence-electron chi connectivity index (χ3n) is 3.13. The molecule has 2 rings (SSSR count). The van der Waals surface area contributed by atoms with Crippen LogP contribution in [-0.2, 0) is 0 Å². The maximum absolute atomic E-state index is 5.89. The summed E-state index contributed by atoms with van der Waals surface area (Å²) in [7, 11) is 0. The van der Waals surface area contributed by atoms with E-state index in [-0.39, 0.29) is 0 Å². The molecule has 0 spiro atoms. The molecule has 1 atom stereocenters. The lowest BCUT2D eigenvalue weighted by Gasteiger charge is -2.10. The normalized spacial score (nSPS) is 13.0. The molecule has 0 amide bonds. The van der Waals surface area contributed by atoms with Crippen LogP contribution in [0.2, 0.25) is 0 Å². The third kappa shape index (κ3) is 4.56. The molecule has 1 heterocycles. The molecule has 0 saturated carbocycles. The summed E-state index contributed by atoms with van der Waals surface area (Å²) < 4.78 is 0. The molecule has 1 aromatic heterocycles. The van der Waals surface area contributed by atoms with Gasteiger partial charge in [-0.15, -0.1) is 0 Å². The summed E-state index contributed by atoms with van der Waals surface area (Å²) in [5.41, 5.74) is 8.94. The van der Waals surface area contributed by atoms with Gasteiger partial charge in [-0.25, -0.2) is 9.97 Å². The lowest BCUT2D eigenvalue weighted by atomic mass is 10.0. The fourth-order valence-corrected chi connectivity index (χ4v) is 2.06. The molecule has 0 unspecified atom stereocenters. The zero-order valence-electron chi connectivity index (χ0n) is 12.7. The van der Waals surface area contributed by atoms with Crippen molar-refractivity contribution in [1.29, 1.82) is 0 Å². The van der Waals surface area contributed by atoms with Gasteiger partial charge in [-0.3, -0.25) is 10.3 Å². The first-order valence-corrected chi connectivity index (χ1v) is 6.99. The number of anilines is 1. The van der Waals surface area contributed by atoms with Crippen molar-refractivity contribution in [1.82, 2.24) is 9.97 Å². The largest absolute Gasteiger partial charge is 0.370 e. The van der Waals surface area contributed by atoms with Crippen molar-refractivity contribution < 1.29 is 0 Å². The zero-order chi connectivity index (χ0) is 15.2. The van der Waals surface area contributed by atoms with E-state index < -0.39 is 0 Å². The molecule has 1 aromatic carbocycles. The molecule has 0 aliphatic heterocycles. The highest BCUT2D eigenvalue weighted by atomic mass is 15.2. The smallest absolute Gasteiger partial charge is 0.229 e. The number of aliphatic imine (C=N–C) groups is 1. The van der Waals surface area contributed by atoms with Gasteiger partial charge in [-0.05, 0) is 25.5 Å². The topological polar surface area (TPSA) is 76.2 Å². The van der Waals surface area contributed by atoms with E-state index in [1.807, 2.05) is 38.1 Å². The Morgan fingerprint density at radius 2 is 1.81 bits per heavy atom. The minimum atomic E-state index is 0.312. The molecule has 5 heteroatoms. The van der Waals surface area contributed by atoms with Gasteiger partial charge in [0.05, 0.1) is 0 Å². The molecule has 110 valence electrons.